The number of ketones is 1. The summed E-state index contributed by atoms with van der Waals surface area (Å²) in [6.45, 7) is 6.48. The highest BCUT2D eigenvalue weighted by atomic mass is 16.2. The lowest BCUT2D eigenvalue weighted by atomic mass is 10.0. The van der Waals surface area contributed by atoms with Crippen LogP contribution in [0, 0.1) is 0 Å². The van der Waals surface area contributed by atoms with Crippen LogP contribution in [-0.4, -0.2) is 24.1 Å². The third-order valence-electron chi connectivity index (χ3n) is 5.57. The van der Waals surface area contributed by atoms with Crippen molar-refractivity contribution in [3.8, 4) is 0 Å². The van der Waals surface area contributed by atoms with Crippen LogP contribution in [0.4, 0.5) is 0 Å². The molecule has 2 aromatic carbocycles. The topological polar surface area (TPSA) is 75.3 Å². The molecule has 2 amide bonds. The number of hydrogen-bond acceptors (Lipinski definition) is 3. The fourth-order valence-corrected chi connectivity index (χ4v) is 3.49. The van der Waals surface area contributed by atoms with Crippen molar-refractivity contribution in [1.29, 1.82) is 0 Å². The first-order chi connectivity index (χ1) is 17.5. The molecule has 1 aliphatic rings. The second-order valence-electron chi connectivity index (χ2n) is 8.12. The highest BCUT2D eigenvalue weighted by Gasteiger charge is 2.14. The molecule has 0 spiro atoms. The Kier molecular flexibility index (Phi) is 9.71. The van der Waals surface area contributed by atoms with Crippen LogP contribution in [0.1, 0.15) is 39.6 Å². The molecular weight excluding hydrogens is 448 g/mol. The summed E-state index contributed by atoms with van der Waals surface area (Å²) in [6.07, 6.45) is 14.7. The molecule has 0 aliphatic heterocycles. The first-order valence-corrected chi connectivity index (χ1v) is 11.8. The Labute approximate surface area is 212 Å². The van der Waals surface area contributed by atoms with Crippen LogP contribution < -0.4 is 10.6 Å². The number of hydrogen-bond donors (Lipinski definition) is 2. The average molecular weight is 479 g/mol. The Bertz CT molecular complexity index is 1260. The molecule has 2 aromatic rings. The molecule has 0 radical (unpaired) electrons. The van der Waals surface area contributed by atoms with Crippen molar-refractivity contribution >= 4 is 17.6 Å². The van der Waals surface area contributed by atoms with Gasteiger partial charge in [0.05, 0.1) is 0 Å². The molecule has 3 rings (SSSR count). The van der Waals surface area contributed by atoms with Crippen molar-refractivity contribution < 1.29 is 14.4 Å². The molecule has 0 aromatic heterocycles. The summed E-state index contributed by atoms with van der Waals surface area (Å²) in [5.74, 6) is -0.584. The number of benzene rings is 2. The third kappa shape index (κ3) is 7.50. The zero-order chi connectivity index (χ0) is 25.8. The van der Waals surface area contributed by atoms with E-state index in [0.29, 0.717) is 41.8 Å². The van der Waals surface area contributed by atoms with Crippen LogP contribution in [0.25, 0.3) is 0 Å². The van der Waals surface area contributed by atoms with E-state index in [2.05, 4.69) is 17.2 Å². The first-order valence-electron chi connectivity index (χ1n) is 11.8. The summed E-state index contributed by atoms with van der Waals surface area (Å²) in [6, 6.07) is 16.2. The van der Waals surface area contributed by atoms with Crippen LogP contribution in [0.5, 0.6) is 0 Å². The lowest BCUT2D eigenvalue weighted by Gasteiger charge is -2.07. The molecule has 36 heavy (non-hydrogen) atoms. The molecule has 0 saturated heterocycles. The Balaban J connectivity index is 1.57. The van der Waals surface area contributed by atoms with Gasteiger partial charge in [-0.25, -0.2) is 0 Å². The number of carbonyl (C=O) groups excluding carboxylic acids is 3. The van der Waals surface area contributed by atoms with Crippen molar-refractivity contribution in [3.63, 3.8) is 0 Å². The van der Waals surface area contributed by atoms with Gasteiger partial charge in [0.15, 0.2) is 5.78 Å². The predicted octanol–water partition coefficient (Wildman–Crippen LogP) is 5.42. The van der Waals surface area contributed by atoms with Gasteiger partial charge in [0.2, 0.25) is 0 Å². The molecule has 2 N–H and O–H groups in total. The van der Waals surface area contributed by atoms with Gasteiger partial charge in [0, 0.05) is 35.4 Å². The number of rotatable bonds is 10. The zero-order valence-corrected chi connectivity index (χ0v) is 20.4. The van der Waals surface area contributed by atoms with E-state index >= 15 is 0 Å². The SMILES string of the molecule is C=C/C(=C\C=C/C)CNC(=O)C1=CCC=C(C(=O)c2ccc(C(=O)NCc3ccccc3)cc2)C=C1. The molecule has 0 bridgehead atoms. The summed E-state index contributed by atoms with van der Waals surface area (Å²) in [5, 5.41) is 5.75. The van der Waals surface area contributed by atoms with Gasteiger partial charge in [-0.15, -0.1) is 0 Å². The average Bonchev–Trinajstić information content (AvgIpc) is 3.18. The van der Waals surface area contributed by atoms with Crippen molar-refractivity contribution in [2.24, 2.45) is 0 Å². The van der Waals surface area contributed by atoms with Crippen LogP contribution in [0.2, 0.25) is 0 Å². The molecule has 0 heterocycles. The molecule has 0 fully saturated rings. The Morgan fingerprint density at radius 3 is 2.22 bits per heavy atom. The fourth-order valence-electron chi connectivity index (χ4n) is 3.49. The van der Waals surface area contributed by atoms with Gasteiger partial charge in [0.25, 0.3) is 11.8 Å². The number of nitrogens with one attached hydrogen (secondary N) is 2. The van der Waals surface area contributed by atoms with Gasteiger partial charge < -0.3 is 10.6 Å². The third-order valence-corrected chi connectivity index (χ3v) is 5.57. The molecule has 1 aliphatic carbocycles. The van der Waals surface area contributed by atoms with Crippen LogP contribution in [0.3, 0.4) is 0 Å². The van der Waals surface area contributed by atoms with Gasteiger partial charge in [0.1, 0.15) is 0 Å². The summed E-state index contributed by atoms with van der Waals surface area (Å²) in [4.78, 5) is 38.0. The number of carbonyl (C=O) groups is 3. The van der Waals surface area contributed by atoms with Gasteiger partial charge in [-0.1, -0.05) is 91.6 Å². The number of allylic oxidation sites excluding steroid dienone is 7. The minimum Gasteiger partial charge on any atom is -0.348 e. The summed E-state index contributed by atoms with van der Waals surface area (Å²) < 4.78 is 0. The van der Waals surface area contributed by atoms with E-state index in [4.69, 9.17) is 0 Å². The quantitative estimate of drug-likeness (QED) is 0.354. The maximum atomic E-state index is 13.0. The van der Waals surface area contributed by atoms with Crippen molar-refractivity contribution in [3.05, 3.63) is 143 Å². The highest BCUT2D eigenvalue weighted by Crippen LogP contribution is 2.17. The summed E-state index contributed by atoms with van der Waals surface area (Å²) in [7, 11) is 0. The first kappa shape index (κ1) is 26.1. The lowest BCUT2D eigenvalue weighted by Crippen LogP contribution is -2.26. The second-order valence-corrected chi connectivity index (χ2v) is 8.12. The van der Waals surface area contributed by atoms with E-state index in [1.807, 2.05) is 55.5 Å². The van der Waals surface area contributed by atoms with E-state index in [0.717, 1.165) is 11.1 Å². The normalized spacial score (nSPS) is 13.4. The minimum absolute atomic E-state index is 0.166. The van der Waals surface area contributed by atoms with E-state index in [1.165, 1.54) is 0 Å². The van der Waals surface area contributed by atoms with E-state index in [1.54, 1.807) is 54.6 Å². The molecule has 0 atom stereocenters. The predicted molar refractivity (Wildman–Crippen MR) is 144 cm³/mol. The Morgan fingerprint density at radius 1 is 0.861 bits per heavy atom. The largest absolute Gasteiger partial charge is 0.348 e. The summed E-state index contributed by atoms with van der Waals surface area (Å²) >= 11 is 0. The molecule has 5 nitrogen and oxygen atoms in total. The van der Waals surface area contributed by atoms with Crippen LogP contribution >= 0.6 is 0 Å². The fraction of sp³-hybridized carbons (Fsp3) is 0.129. The van der Waals surface area contributed by atoms with E-state index in [-0.39, 0.29) is 17.6 Å². The maximum Gasteiger partial charge on any atom is 0.251 e. The Hall–Kier alpha value is -4.51. The Morgan fingerprint density at radius 2 is 1.53 bits per heavy atom. The minimum atomic E-state index is -0.215. The molecule has 0 unspecified atom stereocenters. The molecule has 0 saturated carbocycles. The van der Waals surface area contributed by atoms with Gasteiger partial charge in [-0.05, 0) is 42.7 Å². The monoisotopic (exact) mass is 478 g/mol. The van der Waals surface area contributed by atoms with Crippen molar-refractivity contribution in [1.82, 2.24) is 10.6 Å². The van der Waals surface area contributed by atoms with Gasteiger partial charge >= 0.3 is 0 Å². The van der Waals surface area contributed by atoms with Crippen LogP contribution in [-0.2, 0) is 11.3 Å². The van der Waals surface area contributed by atoms with Crippen LogP contribution in [0.15, 0.2) is 127 Å². The highest BCUT2D eigenvalue weighted by molar-refractivity contribution is 6.11. The maximum absolute atomic E-state index is 13.0. The van der Waals surface area contributed by atoms with E-state index < -0.39 is 0 Å². The lowest BCUT2D eigenvalue weighted by molar-refractivity contribution is -0.117. The zero-order valence-electron chi connectivity index (χ0n) is 20.4. The van der Waals surface area contributed by atoms with E-state index in [9.17, 15) is 14.4 Å². The summed E-state index contributed by atoms with van der Waals surface area (Å²) in [5.41, 5.74) is 3.85. The number of Topliss-reactive ketones (excluding diaryl/α,β-unsaturated/α-hetero) is 1. The van der Waals surface area contributed by atoms with Crippen molar-refractivity contribution in [2.75, 3.05) is 6.54 Å². The standard InChI is InChI=1S/C31H30N2O3/c1-3-5-10-23(4-2)21-32-30(35)27-14-9-13-25(15-18-27)29(34)26-16-19-28(20-17-26)31(36)33-22-24-11-7-6-8-12-24/h3-8,10-20H,2,9,21-22H2,1H3,(H,32,35)(H,33,36)/b5-3-,23-10+. The van der Waals surface area contributed by atoms with Crippen molar-refractivity contribution in [2.45, 2.75) is 19.9 Å². The second kappa shape index (κ2) is 13.4. The molecule has 182 valence electrons. The van der Waals surface area contributed by atoms with Gasteiger partial charge in [-0.3, -0.25) is 14.4 Å². The number of amides is 2. The molecule has 5 heteroatoms. The molecular formula is C31H30N2O3. The van der Waals surface area contributed by atoms with Gasteiger partial charge in [-0.2, -0.15) is 0 Å². The smallest absolute Gasteiger partial charge is 0.251 e.